The highest BCUT2D eigenvalue weighted by atomic mass is 32.2. The number of benzene rings is 1. The van der Waals surface area contributed by atoms with Gasteiger partial charge < -0.3 is 9.64 Å². The van der Waals surface area contributed by atoms with Gasteiger partial charge in [-0.2, -0.15) is 5.10 Å². The molecule has 25 heavy (non-hydrogen) atoms. The van der Waals surface area contributed by atoms with Crippen LogP contribution in [-0.2, 0) is 28.4 Å². The van der Waals surface area contributed by atoms with Crippen LogP contribution in [0.1, 0.15) is 11.4 Å². The summed E-state index contributed by atoms with van der Waals surface area (Å²) in [4.78, 5) is 13.0. The van der Waals surface area contributed by atoms with Gasteiger partial charge in [0.25, 0.3) is 5.91 Å². The number of aromatic nitrogens is 2. The Morgan fingerprint density at radius 2 is 1.92 bits per heavy atom. The first-order chi connectivity index (χ1) is 11.7. The van der Waals surface area contributed by atoms with Crippen molar-refractivity contribution in [2.45, 2.75) is 18.4 Å². The van der Waals surface area contributed by atoms with E-state index in [1.807, 2.05) is 13.0 Å². The predicted octanol–water partition coefficient (Wildman–Crippen LogP) is 0.674. The molecule has 1 heterocycles. The number of rotatable bonds is 7. The van der Waals surface area contributed by atoms with Crippen LogP contribution in [0, 0.1) is 6.92 Å². The maximum atomic E-state index is 12.3. The Labute approximate surface area is 147 Å². The van der Waals surface area contributed by atoms with Crippen LogP contribution in [0.25, 0.3) is 0 Å². The molecular formula is C16H22N4O4S. The molecule has 8 nitrogen and oxygen atoms in total. The molecule has 1 N–H and O–H groups in total. The van der Waals surface area contributed by atoms with Crippen molar-refractivity contribution in [3.05, 3.63) is 41.7 Å². The number of amides is 1. The van der Waals surface area contributed by atoms with Gasteiger partial charge >= 0.3 is 0 Å². The maximum Gasteiger partial charge on any atom is 0.259 e. The van der Waals surface area contributed by atoms with E-state index < -0.39 is 10.0 Å². The lowest BCUT2D eigenvalue weighted by atomic mass is 10.3. The first kappa shape index (κ1) is 18.9. The van der Waals surface area contributed by atoms with Crippen molar-refractivity contribution in [2.75, 3.05) is 20.7 Å². The van der Waals surface area contributed by atoms with E-state index in [-0.39, 0.29) is 24.0 Å². The van der Waals surface area contributed by atoms with Crippen LogP contribution >= 0.6 is 0 Å². The van der Waals surface area contributed by atoms with Crippen molar-refractivity contribution in [2.24, 2.45) is 7.05 Å². The molecule has 0 bridgehead atoms. The van der Waals surface area contributed by atoms with Crippen molar-refractivity contribution in [3.63, 3.8) is 0 Å². The molecule has 0 saturated carbocycles. The first-order valence-electron chi connectivity index (χ1n) is 7.61. The molecule has 1 aromatic carbocycles. The molecule has 0 aliphatic carbocycles. The van der Waals surface area contributed by atoms with Crippen LogP contribution < -0.4 is 9.46 Å². The standard InChI is InChI=1S/C16H22N4O4S/c1-12-9-13(20(4)18-12)10-17-25(22,23)15-7-5-14(6-8-15)24-11-16(21)19(2)3/h5-9,17H,10-11H2,1-4H3. The molecule has 0 unspecified atom stereocenters. The molecule has 0 aliphatic heterocycles. The Kier molecular flexibility index (Phi) is 5.81. The number of hydrogen-bond donors (Lipinski definition) is 1. The van der Waals surface area contributed by atoms with Gasteiger partial charge in [-0.05, 0) is 37.3 Å². The van der Waals surface area contributed by atoms with Crippen molar-refractivity contribution in [1.29, 1.82) is 0 Å². The molecule has 2 aromatic rings. The molecule has 0 aliphatic rings. The van der Waals surface area contributed by atoms with Gasteiger partial charge in [-0.15, -0.1) is 0 Å². The lowest BCUT2D eigenvalue weighted by Gasteiger charge is -2.12. The Balaban J connectivity index is 1.99. The number of carbonyl (C=O) groups excluding carboxylic acids is 1. The van der Waals surface area contributed by atoms with E-state index >= 15 is 0 Å². The molecule has 136 valence electrons. The third-order valence-electron chi connectivity index (χ3n) is 3.54. The monoisotopic (exact) mass is 366 g/mol. The Bertz CT molecular complexity index is 842. The van der Waals surface area contributed by atoms with Crippen molar-refractivity contribution >= 4 is 15.9 Å². The molecule has 0 atom stereocenters. The maximum absolute atomic E-state index is 12.3. The Morgan fingerprint density at radius 3 is 2.44 bits per heavy atom. The minimum Gasteiger partial charge on any atom is -0.484 e. The summed E-state index contributed by atoms with van der Waals surface area (Å²) in [5.74, 6) is 0.251. The zero-order valence-corrected chi connectivity index (χ0v) is 15.5. The molecule has 0 spiro atoms. The van der Waals surface area contributed by atoms with Gasteiger partial charge in [0.1, 0.15) is 5.75 Å². The van der Waals surface area contributed by atoms with E-state index in [1.165, 1.54) is 29.2 Å². The summed E-state index contributed by atoms with van der Waals surface area (Å²) >= 11 is 0. The number of likely N-dealkylation sites (N-methyl/N-ethyl adjacent to an activating group) is 1. The minimum atomic E-state index is -3.65. The summed E-state index contributed by atoms with van der Waals surface area (Å²) in [6, 6.07) is 7.73. The summed E-state index contributed by atoms with van der Waals surface area (Å²) in [7, 11) is 1.38. The van der Waals surface area contributed by atoms with Crippen LogP contribution in [-0.4, -0.2) is 49.7 Å². The van der Waals surface area contributed by atoms with Gasteiger partial charge in [0.2, 0.25) is 10.0 Å². The minimum absolute atomic E-state index is 0.100. The lowest BCUT2D eigenvalue weighted by molar-refractivity contribution is -0.130. The van der Waals surface area contributed by atoms with Gasteiger partial charge in [0.05, 0.1) is 22.8 Å². The van der Waals surface area contributed by atoms with Crippen LogP contribution in [0.3, 0.4) is 0 Å². The second kappa shape index (κ2) is 7.66. The lowest BCUT2D eigenvalue weighted by Crippen LogP contribution is -2.27. The van der Waals surface area contributed by atoms with Crippen LogP contribution in [0.2, 0.25) is 0 Å². The summed E-state index contributed by atoms with van der Waals surface area (Å²) in [6.07, 6.45) is 0. The van der Waals surface area contributed by atoms with Crippen LogP contribution in [0.15, 0.2) is 35.2 Å². The summed E-state index contributed by atoms with van der Waals surface area (Å²) in [6.45, 7) is 1.89. The van der Waals surface area contributed by atoms with Gasteiger partial charge in [-0.3, -0.25) is 9.48 Å². The van der Waals surface area contributed by atoms with E-state index in [4.69, 9.17) is 4.74 Å². The summed E-state index contributed by atoms with van der Waals surface area (Å²) < 4.78 is 34.2. The molecule has 2 rings (SSSR count). The summed E-state index contributed by atoms with van der Waals surface area (Å²) in [5, 5.41) is 4.18. The van der Waals surface area contributed by atoms with Crippen LogP contribution in [0.5, 0.6) is 5.75 Å². The Hall–Kier alpha value is -2.39. The fourth-order valence-electron chi connectivity index (χ4n) is 2.07. The number of sulfonamides is 1. The highest BCUT2D eigenvalue weighted by Crippen LogP contribution is 2.16. The number of nitrogens with zero attached hydrogens (tertiary/aromatic N) is 3. The zero-order valence-electron chi connectivity index (χ0n) is 14.7. The topological polar surface area (TPSA) is 93.5 Å². The Morgan fingerprint density at radius 1 is 1.28 bits per heavy atom. The quantitative estimate of drug-likeness (QED) is 0.777. The number of aryl methyl sites for hydroxylation is 2. The third-order valence-corrected chi connectivity index (χ3v) is 4.95. The first-order valence-corrected chi connectivity index (χ1v) is 9.09. The largest absolute Gasteiger partial charge is 0.484 e. The second-order valence-corrected chi connectivity index (χ2v) is 7.54. The smallest absolute Gasteiger partial charge is 0.259 e. The molecule has 1 aromatic heterocycles. The van der Waals surface area contributed by atoms with E-state index in [9.17, 15) is 13.2 Å². The fourth-order valence-corrected chi connectivity index (χ4v) is 3.07. The van der Waals surface area contributed by atoms with Crippen molar-refractivity contribution in [3.8, 4) is 5.75 Å². The van der Waals surface area contributed by atoms with E-state index in [0.717, 1.165) is 11.4 Å². The number of ether oxygens (including phenoxy) is 1. The number of nitrogens with one attached hydrogen (secondary N) is 1. The van der Waals surface area contributed by atoms with E-state index in [2.05, 4.69) is 9.82 Å². The van der Waals surface area contributed by atoms with Crippen molar-refractivity contribution < 1.29 is 17.9 Å². The number of carbonyl (C=O) groups is 1. The van der Waals surface area contributed by atoms with E-state index in [1.54, 1.807) is 25.8 Å². The highest BCUT2D eigenvalue weighted by molar-refractivity contribution is 7.89. The molecule has 0 fully saturated rings. The van der Waals surface area contributed by atoms with Gasteiger partial charge in [-0.25, -0.2) is 13.1 Å². The predicted molar refractivity (Wildman–Crippen MR) is 92.6 cm³/mol. The zero-order chi connectivity index (χ0) is 18.6. The SMILES string of the molecule is Cc1cc(CNS(=O)(=O)c2ccc(OCC(=O)N(C)C)cc2)n(C)n1. The van der Waals surface area contributed by atoms with Gasteiger partial charge in [-0.1, -0.05) is 0 Å². The van der Waals surface area contributed by atoms with Gasteiger partial charge in [0.15, 0.2) is 6.61 Å². The fraction of sp³-hybridized carbons (Fsp3) is 0.375. The molecule has 1 amide bonds. The van der Waals surface area contributed by atoms with Crippen molar-refractivity contribution in [1.82, 2.24) is 19.4 Å². The average Bonchev–Trinajstić information content (AvgIpc) is 2.88. The molecule has 0 radical (unpaired) electrons. The normalized spacial score (nSPS) is 11.4. The van der Waals surface area contributed by atoms with E-state index in [0.29, 0.717) is 5.75 Å². The molecule has 9 heteroatoms. The van der Waals surface area contributed by atoms with Crippen LogP contribution in [0.4, 0.5) is 0 Å². The highest BCUT2D eigenvalue weighted by Gasteiger charge is 2.15. The van der Waals surface area contributed by atoms with Gasteiger partial charge in [0, 0.05) is 21.1 Å². The second-order valence-electron chi connectivity index (χ2n) is 5.77. The molecule has 0 saturated heterocycles. The molecular weight excluding hydrogens is 344 g/mol. The average molecular weight is 366 g/mol. The summed E-state index contributed by atoms with van der Waals surface area (Å²) in [5.41, 5.74) is 1.59. The number of hydrogen-bond acceptors (Lipinski definition) is 5. The third kappa shape index (κ3) is 5.04.